The van der Waals surface area contributed by atoms with Gasteiger partial charge in [-0.2, -0.15) is 0 Å². The Morgan fingerprint density at radius 2 is 1.91 bits per heavy atom. The van der Waals surface area contributed by atoms with Gasteiger partial charge in [0.15, 0.2) is 5.78 Å². The number of rotatable bonds is 10. The maximum Gasteiger partial charge on any atom is 0.195 e. The molecule has 2 aromatic carbocycles. The molecule has 0 bridgehead atoms. The van der Waals surface area contributed by atoms with Crippen molar-refractivity contribution in [2.45, 2.75) is 19.1 Å². The van der Waals surface area contributed by atoms with Gasteiger partial charge >= 0.3 is 0 Å². The third kappa shape index (κ3) is 4.89. The van der Waals surface area contributed by atoms with Crippen LogP contribution in [0.15, 0.2) is 84.5 Å². The Labute approximate surface area is 202 Å². The van der Waals surface area contributed by atoms with E-state index in [9.17, 15) is 9.90 Å². The number of thiophene rings is 1. The Hall–Kier alpha value is -3.45. The summed E-state index contributed by atoms with van der Waals surface area (Å²) in [7, 11) is 0. The topological polar surface area (TPSA) is 70.1 Å². The number of aromatic amines is 1. The van der Waals surface area contributed by atoms with Gasteiger partial charge in [-0.15, -0.1) is 11.3 Å². The van der Waals surface area contributed by atoms with Crippen molar-refractivity contribution in [3.8, 4) is 0 Å². The first-order chi connectivity index (χ1) is 16.7. The van der Waals surface area contributed by atoms with E-state index in [4.69, 9.17) is 0 Å². The number of fused-ring (bicyclic) bond motifs is 2. The molecule has 3 aromatic heterocycles. The third-order valence-electron chi connectivity index (χ3n) is 6.03. The van der Waals surface area contributed by atoms with Crippen LogP contribution in [0.2, 0.25) is 0 Å². The Bertz CT molecular complexity index is 1430. The molecule has 0 unspecified atom stereocenters. The van der Waals surface area contributed by atoms with Crippen LogP contribution in [-0.4, -0.2) is 39.6 Å². The molecule has 1 atom stereocenters. The molecule has 6 heteroatoms. The molecule has 3 heterocycles. The van der Waals surface area contributed by atoms with Crippen molar-refractivity contribution in [1.29, 1.82) is 0 Å². The summed E-state index contributed by atoms with van der Waals surface area (Å²) in [6.45, 7) is 1.79. The maximum atomic E-state index is 12.4. The second kappa shape index (κ2) is 10.2. The molecule has 0 aliphatic carbocycles. The molecule has 5 nitrogen and oxygen atoms in total. The average molecular weight is 470 g/mol. The van der Waals surface area contributed by atoms with Gasteiger partial charge in [-0.05, 0) is 54.3 Å². The van der Waals surface area contributed by atoms with Crippen molar-refractivity contribution in [2.24, 2.45) is 0 Å². The van der Waals surface area contributed by atoms with Gasteiger partial charge in [0.05, 0.1) is 11.0 Å². The highest BCUT2D eigenvalue weighted by Crippen LogP contribution is 2.23. The largest absolute Gasteiger partial charge is 0.390 e. The lowest BCUT2D eigenvalue weighted by atomic mass is 10.1. The molecule has 0 saturated carbocycles. The Morgan fingerprint density at radius 3 is 2.76 bits per heavy atom. The minimum absolute atomic E-state index is 0.00580. The number of benzene rings is 2. The number of para-hydroxylation sites is 2. The minimum atomic E-state index is -0.525. The van der Waals surface area contributed by atoms with Gasteiger partial charge in [0.1, 0.15) is 0 Å². The van der Waals surface area contributed by atoms with E-state index in [1.807, 2.05) is 60.1 Å². The van der Waals surface area contributed by atoms with Crippen LogP contribution in [0.3, 0.4) is 0 Å². The van der Waals surface area contributed by atoms with Gasteiger partial charge in [0, 0.05) is 52.9 Å². The number of nitrogens with zero attached hydrogens (tertiary/aromatic N) is 1. The van der Waals surface area contributed by atoms with Crippen LogP contribution in [0.5, 0.6) is 0 Å². The van der Waals surface area contributed by atoms with E-state index < -0.39 is 6.10 Å². The fourth-order valence-corrected chi connectivity index (χ4v) is 4.99. The third-order valence-corrected chi connectivity index (χ3v) is 6.92. The summed E-state index contributed by atoms with van der Waals surface area (Å²) in [5, 5.41) is 18.3. The molecule has 5 aromatic rings. The van der Waals surface area contributed by atoms with E-state index in [0.717, 1.165) is 39.8 Å². The van der Waals surface area contributed by atoms with Gasteiger partial charge in [-0.3, -0.25) is 4.79 Å². The normalized spacial score (nSPS) is 12.7. The quantitative estimate of drug-likeness (QED) is 0.148. The van der Waals surface area contributed by atoms with Crippen LogP contribution in [0.4, 0.5) is 0 Å². The Morgan fingerprint density at radius 1 is 1.09 bits per heavy atom. The van der Waals surface area contributed by atoms with E-state index in [0.29, 0.717) is 13.1 Å². The molecule has 0 radical (unpaired) electrons. The van der Waals surface area contributed by atoms with Crippen molar-refractivity contribution < 1.29 is 9.90 Å². The number of carbonyl (C=O) groups is 1. The lowest BCUT2D eigenvalue weighted by Crippen LogP contribution is -2.31. The molecule has 0 aliphatic rings. The summed E-state index contributed by atoms with van der Waals surface area (Å²) < 4.78 is 2.07. The van der Waals surface area contributed by atoms with E-state index in [-0.39, 0.29) is 5.78 Å². The summed E-state index contributed by atoms with van der Waals surface area (Å²) in [6.07, 6.45) is 7.94. The number of allylic oxidation sites excluding steroid dienone is 1. The first kappa shape index (κ1) is 22.3. The molecule has 5 rings (SSSR count). The minimum Gasteiger partial charge on any atom is -0.390 e. The monoisotopic (exact) mass is 469 g/mol. The summed E-state index contributed by atoms with van der Waals surface area (Å²) in [4.78, 5) is 16.4. The molecule has 0 amide bonds. The highest BCUT2D eigenvalue weighted by molar-refractivity contribution is 7.12. The number of nitrogens with one attached hydrogen (secondary N) is 2. The second-order valence-electron chi connectivity index (χ2n) is 8.40. The van der Waals surface area contributed by atoms with Crippen molar-refractivity contribution in [2.75, 3.05) is 13.1 Å². The smallest absolute Gasteiger partial charge is 0.195 e. The van der Waals surface area contributed by atoms with Crippen LogP contribution in [-0.2, 0) is 13.0 Å². The molecular formula is C28H27N3O2S. The molecule has 0 spiro atoms. The highest BCUT2D eigenvalue weighted by Gasteiger charge is 2.11. The number of carbonyl (C=O) groups excluding carboxylic acids is 1. The summed E-state index contributed by atoms with van der Waals surface area (Å²) in [6, 6.07) is 20.1. The molecule has 0 saturated heterocycles. The molecular weight excluding hydrogens is 442 g/mol. The molecule has 34 heavy (non-hydrogen) atoms. The van der Waals surface area contributed by atoms with Crippen molar-refractivity contribution in [3.63, 3.8) is 0 Å². The van der Waals surface area contributed by atoms with Crippen LogP contribution in [0.25, 0.3) is 27.9 Å². The fourth-order valence-electron chi connectivity index (χ4n) is 4.35. The first-order valence-corrected chi connectivity index (χ1v) is 12.3. The molecule has 0 fully saturated rings. The Kier molecular flexibility index (Phi) is 6.72. The van der Waals surface area contributed by atoms with Gasteiger partial charge < -0.3 is 20.0 Å². The molecule has 172 valence electrons. The van der Waals surface area contributed by atoms with Crippen LogP contribution in [0, 0.1) is 0 Å². The summed E-state index contributed by atoms with van der Waals surface area (Å²) >= 11 is 1.44. The number of hydrogen-bond donors (Lipinski definition) is 3. The number of aliphatic hydroxyl groups excluding tert-OH is 1. The van der Waals surface area contributed by atoms with E-state index in [1.165, 1.54) is 22.3 Å². The van der Waals surface area contributed by atoms with Crippen molar-refractivity contribution in [3.05, 3.63) is 101 Å². The zero-order valence-corrected chi connectivity index (χ0v) is 19.6. The summed E-state index contributed by atoms with van der Waals surface area (Å²) in [5.74, 6) is 0.00580. The standard InChI is InChI=1S/C28H27N3O2S/c32-22(17-29-14-13-20-16-30-25-8-3-1-6-23(20)25)19-31-18-21(24-7-2-4-9-26(24)31)11-12-27(33)28-10-5-15-34-28/h1-12,15-16,18,22,29-30,32H,13-14,17,19H2/b12-11+/t22-/m1/s1. The van der Waals surface area contributed by atoms with Gasteiger partial charge in [0.25, 0.3) is 0 Å². The van der Waals surface area contributed by atoms with Gasteiger partial charge in [-0.25, -0.2) is 0 Å². The molecule has 0 aliphatic heterocycles. The van der Waals surface area contributed by atoms with Gasteiger partial charge in [-0.1, -0.05) is 42.5 Å². The zero-order valence-electron chi connectivity index (χ0n) is 18.8. The van der Waals surface area contributed by atoms with Crippen LogP contribution < -0.4 is 5.32 Å². The second-order valence-corrected chi connectivity index (χ2v) is 9.34. The van der Waals surface area contributed by atoms with Gasteiger partial charge in [0.2, 0.25) is 0 Å². The lowest BCUT2D eigenvalue weighted by Gasteiger charge is -2.13. The van der Waals surface area contributed by atoms with Crippen LogP contribution in [0.1, 0.15) is 20.8 Å². The number of hydrogen-bond acceptors (Lipinski definition) is 4. The van der Waals surface area contributed by atoms with E-state index in [1.54, 1.807) is 6.08 Å². The maximum absolute atomic E-state index is 12.4. The lowest BCUT2D eigenvalue weighted by molar-refractivity contribution is 0.105. The zero-order chi connectivity index (χ0) is 23.3. The van der Waals surface area contributed by atoms with Crippen molar-refractivity contribution >= 4 is 45.0 Å². The highest BCUT2D eigenvalue weighted by atomic mass is 32.1. The predicted molar refractivity (Wildman–Crippen MR) is 141 cm³/mol. The SMILES string of the molecule is O=C(/C=C/c1cn(C[C@H](O)CNCCc2c[nH]c3ccccc23)c2ccccc12)c1cccs1. The van der Waals surface area contributed by atoms with Crippen LogP contribution >= 0.6 is 11.3 Å². The number of aliphatic hydroxyl groups is 1. The molecule has 3 N–H and O–H groups in total. The fraction of sp³-hybridized carbons (Fsp3) is 0.179. The number of aromatic nitrogens is 2. The van der Waals surface area contributed by atoms with E-state index in [2.05, 4.69) is 39.3 Å². The predicted octanol–water partition coefficient (Wildman–Crippen LogP) is 5.27. The van der Waals surface area contributed by atoms with Crippen molar-refractivity contribution in [1.82, 2.24) is 14.9 Å². The first-order valence-electron chi connectivity index (χ1n) is 11.5. The summed E-state index contributed by atoms with van der Waals surface area (Å²) in [5.41, 5.74) is 4.45. The number of ketones is 1. The van der Waals surface area contributed by atoms with E-state index >= 15 is 0 Å². The number of H-pyrrole nitrogens is 1. The Balaban J connectivity index is 1.20. The average Bonchev–Trinajstić information content (AvgIpc) is 3.60.